The summed E-state index contributed by atoms with van der Waals surface area (Å²) in [5.74, 6) is 1.11. The standard InChI is InChI=1S/C7H14N2O2S/c1-12(10,11)9-4-6-2-8-3-7(6)5-9/h6-8H,2-5H2,1H3/t6-,7-/m1/s1. The maximum absolute atomic E-state index is 11.2. The van der Waals surface area contributed by atoms with Crippen LogP contribution in [0.15, 0.2) is 0 Å². The first-order valence-corrected chi connectivity index (χ1v) is 6.08. The Morgan fingerprint density at radius 1 is 1.25 bits per heavy atom. The van der Waals surface area contributed by atoms with Crippen molar-refractivity contribution in [2.45, 2.75) is 0 Å². The van der Waals surface area contributed by atoms with E-state index in [1.807, 2.05) is 0 Å². The Morgan fingerprint density at radius 3 is 2.17 bits per heavy atom. The minimum atomic E-state index is -2.94. The fourth-order valence-electron chi connectivity index (χ4n) is 2.08. The summed E-state index contributed by atoms with van der Waals surface area (Å²) in [5, 5.41) is 3.27. The van der Waals surface area contributed by atoms with Crippen LogP contribution in [0.25, 0.3) is 0 Å². The normalized spacial score (nSPS) is 37.1. The van der Waals surface area contributed by atoms with Crippen LogP contribution in [-0.4, -0.2) is 45.2 Å². The molecule has 0 aliphatic carbocycles. The largest absolute Gasteiger partial charge is 0.316 e. The predicted octanol–water partition coefficient (Wildman–Crippen LogP) is -0.903. The lowest BCUT2D eigenvalue weighted by Crippen LogP contribution is -2.30. The number of rotatable bonds is 1. The second-order valence-electron chi connectivity index (χ2n) is 3.76. The smallest absolute Gasteiger partial charge is 0.211 e. The molecule has 5 heteroatoms. The summed E-state index contributed by atoms with van der Waals surface area (Å²) in [7, 11) is -2.94. The van der Waals surface area contributed by atoms with Crippen molar-refractivity contribution >= 4 is 10.0 Å². The van der Waals surface area contributed by atoms with Gasteiger partial charge in [0, 0.05) is 13.1 Å². The number of nitrogens with one attached hydrogen (secondary N) is 1. The molecule has 2 atom stereocenters. The molecule has 4 nitrogen and oxygen atoms in total. The van der Waals surface area contributed by atoms with Crippen LogP contribution in [-0.2, 0) is 10.0 Å². The summed E-state index contributed by atoms with van der Waals surface area (Å²) in [5.41, 5.74) is 0. The summed E-state index contributed by atoms with van der Waals surface area (Å²) in [6.07, 6.45) is 1.29. The van der Waals surface area contributed by atoms with Crippen molar-refractivity contribution in [1.82, 2.24) is 9.62 Å². The highest BCUT2D eigenvalue weighted by Gasteiger charge is 2.39. The maximum Gasteiger partial charge on any atom is 0.211 e. The average Bonchev–Trinajstić information content (AvgIpc) is 2.37. The van der Waals surface area contributed by atoms with Gasteiger partial charge in [0.25, 0.3) is 0 Å². The van der Waals surface area contributed by atoms with E-state index in [2.05, 4.69) is 5.32 Å². The minimum absolute atomic E-state index is 0.555. The molecule has 70 valence electrons. The van der Waals surface area contributed by atoms with Crippen LogP contribution < -0.4 is 5.32 Å². The molecule has 1 N–H and O–H groups in total. The molecule has 0 aromatic rings. The molecule has 2 rings (SSSR count). The average molecular weight is 190 g/mol. The molecule has 0 aromatic heterocycles. The van der Waals surface area contributed by atoms with E-state index in [0.29, 0.717) is 11.8 Å². The van der Waals surface area contributed by atoms with Gasteiger partial charge in [0.1, 0.15) is 0 Å². The molecule has 12 heavy (non-hydrogen) atoms. The van der Waals surface area contributed by atoms with Gasteiger partial charge >= 0.3 is 0 Å². The number of nitrogens with zero attached hydrogens (tertiary/aromatic N) is 1. The lowest BCUT2D eigenvalue weighted by atomic mass is 10.0. The summed E-state index contributed by atoms with van der Waals surface area (Å²) < 4.78 is 23.9. The van der Waals surface area contributed by atoms with Crippen LogP contribution in [0.1, 0.15) is 0 Å². The quantitative estimate of drug-likeness (QED) is 0.583. The molecular weight excluding hydrogens is 176 g/mol. The summed E-state index contributed by atoms with van der Waals surface area (Å²) in [4.78, 5) is 0. The van der Waals surface area contributed by atoms with E-state index in [-0.39, 0.29) is 0 Å². The van der Waals surface area contributed by atoms with Crippen LogP contribution in [0.2, 0.25) is 0 Å². The third kappa shape index (κ3) is 1.36. The fraction of sp³-hybridized carbons (Fsp3) is 1.00. The molecule has 2 aliphatic rings. The second-order valence-corrected chi connectivity index (χ2v) is 5.74. The van der Waals surface area contributed by atoms with E-state index in [1.54, 1.807) is 4.31 Å². The number of hydrogen-bond acceptors (Lipinski definition) is 3. The van der Waals surface area contributed by atoms with Gasteiger partial charge < -0.3 is 5.32 Å². The van der Waals surface area contributed by atoms with Crippen LogP contribution in [0.4, 0.5) is 0 Å². The molecule has 0 saturated carbocycles. The Kier molecular flexibility index (Phi) is 1.89. The van der Waals surface area contributed by atoms with Gasteiger partial charge in [0.05, 0.1) is 6.26 Å². The van der Waals surface area contributed by atoms with E-state index in [9.17, 15) is 8.42 Å². The third-order valence-electron chi connectivity index (χ3n) is 2.83. The number of fused-ring (bicyclic) bond motifs is 1. The van der Waals surface area contributed by atoms with Crippen LogP contribution in [0.3, 0.4) is 0 Å². The topological polar surface area (TPSA) is 49.4 Å². The van der Waals surface area contributed by atoms with Gasteiger partial charge in [-0.15, -0.1) is 0 Å². The van der Waals surface area contributed by atoms with Crippen LogP contribution >= 0.6 is 0 Å². The SMILES string of the molecule is CS(=O)(=O)N1C[C@H]2CNC[C@@H]2C1. The van der Waals surface area contributed by atoms with Gasteiger partial charge in [-0.3, -0.25) is 0 Å². The fourth-order valence-corrected chi connectivity index (χ4v) is 3.01. The number of sulfonamides is 1. The molecule has 0 bridgehead atoms. The Bertz CT molecular complexity index is 263. The highest BCUT2D eigenvalue weighted by atomic mass is 32.2. The van der Waals surface area contributed by atoms with Gasteiger partial charge in [0.2, 0.25) is 10.0 Å². The highest BCUT2D eigenvalue weighted by Crippen LogP contribution is 2.27. The molecule has 2 saturated heterocycles. The Labute approximate surface area is 73.0 Å². The van der Waals surface area contributed by atoms with E-state index < -0.39 is 10.0 Å². The third-order valence-corrected chi connectivity index (χ3v) is 4.06. The predicted molar refractivity (Wildman–Crippen MR) is 46.3 cm³/mol. The molecule has 0 amide bonds. The van der Waals surface area contributed by atoms with Gasteiger partial charge in [-0.05, 0) is 24.9 Å². The van der Waals surface area contributed by atoms with E-state index in [1.165, 1.54) is 6.26 Å². The van der Waals surface area contributed by atoms with Crippen LogP contribution in [0.5, 0.6) is 0 Å². The zero-order valence-electron chi connectivity index (χ0n) is 7.16. The minimum Gasteiger partial charge on any atom is -0.316 e. The molecule has 2 aliphatic heterocycles. The van der Waals surface area contributed by atoms with E-state index >= 15 is 0 Å². The second kappa shape index (κ2) is 2.68. The van der Waals surface area contributed by atoms with Crippen molar-refractivity contribution in [1.29, 1.82) is 0 Å². The Hall–Kier alpha value is -0.130. The first-order valence-electron chi connectivity index (χ1n) is 4.23. The van der Waals surface area contributed by atoms with Gasteiger partial charge in [-0.2, -0.15) is 0 Å². The van der Waals surface area contributed by atoms with Crippen molar-refractivity contribution < 1.29 is 8.42 Å². The molecule has 2 fully saturated rings. The lowest BCUT2D eigenvalue weighted by molar-refractivity contribution is 0.452. The molecule has 0 unspecified atom stereocenters. The van der Waals surface area contributed by atoms with Gasteiger partial charge in [-0.25, -0.2) is 12.7 Å². The number of hydrogen-bond donors (Lipinski definition) is 1. The molecule has 2 heterocycles. The molecule has 0 aromatic carbocycles. The van der Waals surface area contributed by atoms with Gasteiger partial charge in [0.15, 0.2) is 0 Å². The Balaban J connectivity index is 2.09. The monoisotopic (exact) mass is 190 g/mol. The lowest BCUT2D eigenvalue weighted by Gasteiger charge is -2.13. The molecule has 0 radical (unpaired) electrons. The van der Waals surface area contributed by atoms with Crippen LogP contribution in [0, 0.1) is 11.8 Å². The van der Waals surface area contributed by atoms with Crippen molar-refractivity contribution in [3.63, 3.8) is 0 Å². The van der Waals surface area contributed by atoms with Crippen molar-refractivity contribution in [2.75, 3.05) is 32.4 Å². The molecule has 0 spiro atoms. The zero-order chi connectivity index (χ0) is 8.77. The van der Waals surface area contributed by atoms with Crippen molar-refractivity contribution in [3.05, 3.63) is 0 Å². The molecular formula is C7H14N2O2S. The van der Waals surface area contributed by atoms with E-state index in [0.717, 1.165) is 26.2 Å². The highest BCUT2D eigenvalue weighted by molar-refractivity contribution is 7.88. The maximum atomic E-state index is 11.2. The Morgan fingerprint density at radius 2 is 1.75 bits per heavy atom. The summed E-state index contributed by atoms with van der Waals surface area (Å²) in [6, 6.07) is 0. The first-order chi connectivity index (χ1) is 5.57. The summed E-state index contributed by atoms with van der Waals surface area (Å²) in [6.45, 7) is 3.40. The van der Waals surface area contributed by atoms with Gasteiger partial charge in [-0.1, -0.05) is 0 Å². The summed E-state index contributed by atoms with van der Waals surface area (Å²) >= 11 is 0. The zero-order valence-corrected chi connectivity index (χ0v) is 7.97. The van der Waals surface area contributed by atoms with Crippen molar-refractivity contribution in [2.24, 2.45) is 11.8 Å². The van der Waals surface area contributed by atoms with Crippen molar-refractivity contribution in [3.8, 4) is 0 Å². The van der Waals surface area contributed by atoms with E-state index in [4.69, 9.17) is 0 Å². The first kappa shape index (κ1) is 8.47.